The van der Waals surface area contributed by atoms with Crippen molar-refractivity contribution in [3.05, 3.63) is 21.3 Å². The molecule has 0 spiro atoms. The molecule has 1 fully saturated rings. The molecular weight excluding hydrogens is 226 g/mol. The summed E-state index contributed by atoms with van der Waals surface area (Å²) in [6.07, 6.45) is 2.49. The number of rotatable bonds is 4. The fourth-order valence-corrected chi connectivity index (χ4v) is 3.30. The standard InChI is InChI=1S/C12H18ClNS/c1-3-4-14-11-6-10(8(11)2)9-5-12(13)15-7-9/h5,7-8,10-11,14H,3-4,6H2,1-2H3. The van der Waals surface area contributed by atoms with Crippen molar-refractivity contribution in [2.45, 2.75) is 38.6 Å². The Kier molecular flexibility index (Phi) is 3.70. The highest BCUT2D eigenvalue weighted by atomic mass is 35.5. The molecule has 1 aromatic heterocycles. The molecule has 3 unspecified atom stereocenters. The van der Waals surface area contributed by atoms with Gasteiger partial charge in [0, 0.05) is 6.04 Å². The predicted molar refractivity (Wildman–Crippen MR) is 67.9 cm³/mol. The molecule has 15 heavy (non-hydrogen) atoms. The van der Waals surface area contributed by atoms with Crippen LogP contribution in [0.4, 0.5) is 0 Å². The van der Waals surface area contributed by atoms with Gasteiger partial charge in [-0.2, -0.15) is 0 Å². The topological polar surface area (TPSA) is 12.0 Å². The summed E-state index contributed by atoms with van der Waals surface area (Å²) >= 11 is 7.60. The minimum absolute atomic E-state index is 0.716. The summed E-state index contributed by atoms with van der Waals surface area (Å²) < 4.78 is 0.919. The summed E-state index contributed by atoms with van der Waals surface area (Å²) in [4.78, 5) is 0. The number of halogens is 1. The Morgan fingerprint density at radius 1 is 1.60 bits per heavy atom. The maximum absolute atomic E-state index is 5.96. The second kappa shape index (κ2) is 4.86. The lowest BCUT2D eigenvalue weighted by atomic mass is 9.67. The first-order chi connectivity index (χ1) is 7.22. The normalized spacial score (nSPS) is 30.2. The fraction of sp³-hybridized carbons (Fsp3) is 0.667. The molecule has 0 bridgehead atoms. The number of thiophene rings is 1. The van der Waals surface area contributed by atoms with Crippen LogP contribution in [-0.2, 0) is 0 Å². The molecule has 1 aromatic rings. The molecule has 0 aromatic carbocycles. The van der Waals surface area contributed by atoms with E-state index in [1.165, 1.54) is 18.4 Å². The van der Waals surface area contributed by atoms with Crippen LogP contribution >= 0.6 is 22.9 Å². The lowest BCUT2D eigenvalue weighted by molar-refractivity contribution is 0.185. The molecule has 0 amide bonds. The Morgan fingerprint density at radius 3 is 2.93 bits per heavy atom. The predicted octanol–water partition coefficient (Wildman–Crippen LogP) is 3.89. The van der Waals surface area contributed by atoms with Crippen molar-refractivity contribution in [3.8, 4) is 0 Å². The van der Waals surface area contributed by atoms with Gasteiger partial charge in [0.2, 0.25) is 0 Å². The van der Waals surface area contributed by atoms with E-state index in [4.69, 9.17) is 11.6 Å². The van der Waals surface area contributed by atoms with Crippen molar-refractivity contribution in [1.82, 2.24) is 5.32 Å². The third-order valence-electron chi connectivity index (χ3n) is 3.45. The molecule has 0 aliphatic heterocycles. The van der Waals surface area contributed by atoms with Gasteiger partial charge in [0.1, 0.15) is 0 Å². The van der Waals surface area contributed by atoms with Crippen LogP contribution in [0.5, 0.6) is 0 Å². The Hall–Kier alpha value is -0.0500. The van der Waals surface area contributed by atoms with E-state index in [-0.39, 0.29) is 0 Å². The van der Waals surface area contributed by atoms with Crippen LogP contribution in [0, 0.1) is 5.92 Å². The van der Waals surface area contributed by atoms with E-state index in [1.54, 1.807) is 11.3 Å². The van der Waals surface area contributed by atoms with Gasteiger partial charge in [0.05, 0.1) is 4.34 Å². The molecule has 3 heteroatoms. The van der Waals surface area contributed by atoms with Gasteiger partial charge in [-0.25, -0.2) is 0 Å². The van der Waals surface area contributed by atoms with Crippen LogP contribution in [0.1, 0.15) is 38.2 Å². The van der Waals surface area contributed by atoms with Crippen LogP contribution in [0.3, 0.4) is 0 Å². The molecule has 1 nitrogen and oxygen atoms in total. The quantitative estimate of drug-likeness (QED) is 0.846. The van der Waals surface area contributed by atoms with Crippen molar-refractivity contribution in [3.63, 3.8) is 0 Å². The van der Waals surface area contributed by atoms with Crippen molar-refractivity contribution in [2.75, 3.05) is 6.54 Å². The Bertz CT molecular complexity index is 323. The maximum Gasteiger partial charge on any atom is 0.0931 e. The van der Waals surface area contributed by atoms with Gasteiger partial charge in [-0.3, -0.25) is 0 Å². The van der Waals surface area contributed by atoms with Crippen molar-refractivity contribution >= 4 is 22.9 Å². The van der Waals surface area contributed by atoms with Gasteiger partial charge in [0.25, 0.3) is 0 Å². The summed E-state index contributed by atoms with van der Waals surface area (Å²) in [6, 6.07) is 2.84. The average Bonchev–Trinajstić information content (AvgIpc) is 2.62. The molecule has 1 heterocycles. The fourth-order valence-electron chi connectivity index (χ4n) is 2.34. The van der Waals surface area contributed by atoms with Gasteiger partial charge in [-0.1, -0.05) is 25.4 Å². The van der Waals surface area contributed by atoms with E-state index in [2.05, 4.69) is 30.6 Å². The van der Waals surface area contributed by atoms with Crippen molar-refractivity contribution in [2.24, 2.45) is 5.92 Å². The van der Waals surface area contributed by atoms with Crippen LogP contribution in [0.25, 0.3) is 0 Å². The third-order valence-corrected chi connectivity index (χ3v) is 4.56. The average molecular weight is 244 g/mol. The highest BCUT2D eigenvalue weighted by molar-refractivity contribution is 7.14. The first-order valence-electron chi connectivity index (χ1n) is 5.69. The molecule has 1 saturated carbocycles. The van der Waals surface area contributed by atoms with Crippen LogP contribution < -0.4 is 5.32 Å². The Labute approximate surface area is 101 Å². The smallest absolute Gasteiger partial charge is 0.0931 e. The van der Waals surface area contributed by atoms with Gasteiger partial charge < -0.3 is 5.32 Å². The van der Waals surface area contributed by atoms with E-state index in [0.29, 0.717) is 6.04 Å². The van der Waals surface area contributed by atoms with Gasteiger partial charge in [-0.15, -0.1) is 11.3 Å². The molecule has 1 N–H and O–H groups in total. The van der Waals surface area contributed by atoms with Crippen LogP contribution in [0.15, 0.2) is 11.4 Å². The van der Waals surface area contributed by atoms with E-state index < -0.39 is 0 Å². The highest BCUT2D eigenvalue weighted by Gasteiger charge is 2.38. The molecular formula is C12H18ClNS. The summed E-state index contributed by atoms with van der Waals surface area (Å²) in [5.74, 6) is 1.48. The zero-order valence-electron chi connectivity index (χ0n) is 9.29. The van der Waals surface area contributed by atoms with Crippen molar-refractivity contribution < 1.29 is 0 Å². The molecule has 0 saturated heterocycles. The molecule has 1 aliphatic rings. The number of hydrogen-bond donors (Lipinski definition) is 1. The lowest BCUT2D eigenvalue weighted by Crippen LogP contribution is -2.47. The van der Waals surface area contributed by atoms with Gasteiger partial charge >= 0.3 is 0 Å². The summed E-state index contributed by atoms with van der Waals surface area (Å²) in [7, 11) is 0. The van der Waals surface area contributed by atoms with E-state index >= 15 is 0 Å². The zero-order chi connectivity index (χ0) is 10.8. The highest BCUT2D eigenvalue weighted by Crippen LogP contribution is 2.44. The van der Waals surface area contributed by atoms with Crippen LogP contribution in [0.2, 0.25) is 4.34 Å². The summed E-state index contributed by atoms with van der Waals surface area (Å²) in [5, 5.41) is 5.80. The number of hydrogen-bond acceptors (Lipinski definition) is 2. The van der Waals surface area contributed by atoms with E-state index in [9.17, 15) is 0 Å². The minimum atomic E-state index is 0.716. The zero-order valence-corrected chi connectivity index (χ0v) is 10.9. The monoisotopic (exact) mass is 243 g/mol. The molecule has 84 valence electrons. The number of nitrogens with one attached hydrogen (secondary N) is 1. The molecule has 3 atom stereocenters. The Morgan fingerprint density at radius 2 is 2.40 bits per heavy atom. The summed E-state index contributed by atoms with van der Waals surface area (Å²) in [5.41, 5.74) is 1.44. The Balaban J connectivity index is 1.88. The van der Waals surface area contributed by atoms with Crippen molar-refractivity contribution in [1.29, 1.82) is 0 Å². The van der Waals surface area contributed by atoms with Gasteiger partial charge in [0.15, 0.2) is 0 Å². The molecule has 1 aliphatic carbocycles. The third kappa shape index (κ3) is 2.38. The van der Waals surface area contributed by atoms with E-state index in [0.717, 1.165) is 22.7 Å². The minimum Gasteiger partial charge on any atom is -0.314 e. The molecule has 2 rings (SSSR count). The van der Waals surface area contributed by atoms with Gasteiger partial charge in [-0.05, 0) is 48.2 Å². The second-order valence-electron chi connectivity index (χ2n) is 4.45. The largest absolute Gasteiger partial charge is 0.314 e. The maximum atomic E-state index is 5.96. The first kappa shape index (κ1) is 11.4. The lowest BCUT2D eigenvalue weighted by Gasteiger charge is -2.43. The molecule has 0 radical (unpaired) electrons. The second-order valence-corrected chi connectivity index (χ2v) is 5.99. The van der Waals surface area contributed by atoms with E-state index in [1.807, 2.05) is 0 Å². The first-order valence-corrected chi connectivity index (χ1v) is 6.95. The SMILES string of the molecule is CCCNC1CC(c2csc(Cl)c2)C1C. The van der Waals surface area contributed by atoms with Crippen LogP contribution in [-0.4, -0.2) is 12.6 Å². The summed E-state index contributed by atoms with van der Waals surface area (Å²) in [6.45, 7) is 5.70.